The van der Waals surface area contributed by atoms with Crippen LogP contribution in [0.25, 0.3) is 0 Å². The van der Waals surface area contributed by atoms with E-state index in [0.717, 1.165) is 12.8 Å². The average Bonchev–Trinajstić information content (AvgIpc) is 2.46. The lowest BCUT2D eigenvalue weighted by atomic mass is 9.85. The molecule has 1 aromatic carbocycles. The van der Waals surface area contributed by atoms with Crippen LogP contribution in [-0.2, 0) is 4.79 Å². The fraction of sp³-hybridized carbons (Fsp3) is 0.500. The third-order valence-electron chi connectivity index (χ3n) is 3.78. The molecule has 2 N–H and O–H groups in total. The number of hydrogen-bond donors (Lipinski definition) is 2. The van der Waals surface area contributed by atoms with Gasteiger partial charge in [-0.25, -0.2) is 0 Å². The molecule has 2 unspecified atom stereocenters. The van der Waals surface area contributed by atoms with Crippen molar-refractivity contribution in [3.63, 3.8) is 0 Å². The monoisotopic (exact) mass is 294 g/mol. The lowest BCUT2D eigenvalue weighted by molar-refractivity contribution is -0.384. The predicted octanol–water partition coefficient (Wildman–Crippen LogP) is 2.66. The molecule has 0 spiro atoms. The topological polar surface area (TPSA) is 102 Å². The third-order valence-corrected chi connectivity index (χ3v) is 3.78. The maximum Gasteiger partial charge on any atom is 0.333 e. The molecule has 0 amide bonds. The van der Waals surface area contributed by atoms with Crippen LogP contribution in [0.2, 0.25) is 0 Å². The van der Waals surface area contributed by atoms with Gasteiger partial charge in [0.15, 0.2) is 5.75 Å². The number of rotatable bonds is 5. The Bertz CT molecular complexity index is 546. The van der Waals surface area contributed by atoms with E-state index in [1.54, 1.807) is 12.1 Å². The van der Waals surface area contributed by atoms with Crippen LogP contribution >= 0.6 is 0 Å². The maximum atomic E-state index is 11.2. The first-order chi connectivity index (χ1) is 10.0. The van der Waals surface area contributed by atoms with E-state index in [-0.39, 0.29) is 23.4 Å². The van der Waals surface area contributed by atoms with Gasteiger partial charge in [0.2, 0.25) is 0 Å². The van der Waals surface area contributed by atoms with E-state index in [4.69, 9.17) is 9.84 Å². The zero-order valence-electron chi connectivity index (χ0n) is 11.7. The summed E-state index contributed by atoms with van der Waals surface area (Å²) in [5, 5.41) is 23.4. The lowest BCUT2D eigenvalue weighted by Crippen LogP contribution is -2.31. The number of nitrogens with zero attached hydrogens (tertiary/aromatic N) is 1. The van der Waals surface area contributed by atoms with E-state index in [0.29, 0.717) is 18.5 Å². The molecule has 1 aromatic rings. The number of nitrogens with one attached hydrogen (secondary N) is 1. The summed E-state index contributed by atoms with van der Waals surface area (Å²) in [5.41, 5.74) is 0.257. The summed E-state index contributed by atoms with van der Waals surface area (Å²) in [6.45, 7) is 0. The normalized spacial score (nSPS) is 21.6. The molecule has 1 saturated carbocycles. The summed E-state index contributed by atoms with van der Waals surface area (Å²) in [6, 6.07) is 4.74. The Hall–Kier alpha value is -2.31. The smallest absolute Gasteiger partial charge is 0.333 e. The van der Waals surface area contributed by atoms with Crippen LogP contribution in [0, 0.1) is 16.0 Å². The summed E-state index contributed by atoms with van der Waals surface area (Å²) in [4.78, 5) is 21.8. The molecule has 0 bridgehead atoms. The first-order valence-electron chi connectivity index (χ1n) is 6.83. The van der Waals surface area contributed by atoms with Crippen LogP contribution in [0.15, 0.2) is 18.2 Å². The van der Waals surface area contributed by atoms with Crippen molar-refractivity contribution in [2.24, 2.45) is 5.92 Å². The van der Waals surface area contributed by atoms with Gasteiger partial charge in [-0.1, -0.05) is 12.5 Å². The number of carbonyl (C=O) groups is 1. The minimum atomic E-state index is -0.804. The summed E-state index contributed by atoms with van der Waals surface area (Å²) in [6.07, 6.45) is 2.74. The quantitative estimate of drug-likeness (QED) is 0.639. The summed E-state index contributed by atoms with van der Waals surface area (Å²) < 4.78 is 5.02. The second-order valence-corrected chi connectivity index (χ2v) is 5.16. The third kappa shape index (κ3) is 3.42. The first kappa shape index (κ1) is 15.1. The van der Waals surface area contributed by atoms with Crippen molar-refractivity contribution in [3.05, 3.63) is 28.3 Å². The standard InChI is InChI=1S/C14H18N2O5/c1-21-12-7-3-6-11(13(12)16(19)20)15-10-5-2-4-9(8-10)14(17)18/h3,6-7,9-10,15H,2,4-5,8H2,1H3,(H,17,18). The second-order valence-electron chi connectivity index (χ2n) is 5.16. The van der Waals surface area contributed by atoms with Crippen LogP contribution in [0.1, 0.15) is 25.7 Å². The van der Waals surface area contributed by atoms with Gasteiger partial charge in [0.05, 0.1) is 18.0 Å². The number of nitro benzene ring substituents is 1. The molecule has 0 heterocycles. The van der Waals surface area contributed by atoms with Crippen LogP contribution in [0.5, 0.6) is 5.75 Å². The van der Waals surface area contributed by atoms with Gasteiger partial charge in [0.25, 0.3) is 0 Å². The maximum absolute atomic E-state index is 11.2. The molecule has 1 fully saturated rings. The number of para-hydroxylation sites is 1. The molecule has 1 aliphatic rings. The van der Waals surface area contributed by atoms with Crippen LogP contribution in [0.4, 0.5) is 11.4 Å². The Morgan fingerprint density at radius 3 is 2.86 bits per heavy atom. The van der Waals surface area contributed by atoms with E-state index < -0.39 is 10.9 Å². The number of methoxy groups -OCH3 is 1. The Morgan fingerprint density at radius 1 is 1.48 bits per heavy atom. The van der Waals surface area contributed by atoms with Crippen molar-refractivity contribution in [2.75, 3.05) is 12.4 Å². The van der Waals surface area contributed by atoms with Gasteiger partial charge in [-0.05, 0) is 31.4 Å². The van der Waals surface area contributed by atoms with Crippen LogP contribution in [0.3, 0.4) is 0 Å². The van der Waals surface area contributed by atoms with E-state index in [1.807, 2.05) is 0 Å². The van der Waals surface area contributed by atoms with E-state index in [2.05, 4.69) is 5.32 Å². The molecule has 2 rings (SSSR count). The first-order valence-corrected chi connectivity index (χ1v) is 6.83. The number of anilines is 1. The Balaban J connectivity index is 2.19. The lowest BCUT2D eigenvalue weighted by Gasteiger charge is -2.28. The highest BCUT2D eigenvalue weighted by molar-refractivity contribution is 5.71. The van der Waals surface area contributed by atoms with E-state index in [9.17, 15) is 14.9 Å². The molecule has 21 heavy (non-hydrogen) atoms. The minimum Gasteiger partial charge on any atom is -0.490 e. The van der Waals surface area contributed by atoms with Gasteiger partial charge in [-0.15, -0.1) is 0 Å². The molecule has 7 nitrogen and oxygen atoms in total. The van der Waals surface area contributed by atoms with Crippen molar-refractivity contribution in [1.29, 1.82) is 0 Å². The molecule has 0 radical (unpaired) electrons. The molecule has 1 aliphatic carbocycles. The predicted molar refractivity (Wildman–Crippen MR) is 76.7 cm³/mol. The highest BCUT2D eigenvalue weighted by atomic mass is 16.6. The van der Waals surface area contributed by atoms with Crippen molar-refractivity contribution in [1.82, 2.24) is 0 Å². The SMILES string of the molecule is COc1cccc(NC2CCCC(C(=O)O)C2)c1[N+](=O)[O-]. The molecule has 114 valence electrons. The average molecular weight is 294 g/mol. The van der Waals surface area contributed by atoms with Gasteiger partial charge in [-0.3, -0.25) is 14.9 Å². The fourth-order valence-corrected chi connectivity index (χ4v) is 2.76. The number of carboxylic acid groups (broad SMARTS) is 1. The molecular weight excluding hydrogens is 276 g/mol. The summed E-state index contributed by atoms with van der Waals surface area (Å²) in [7, 11) is 1.38. The number of ether oxygens (including phenoxy) is 1. The number of aliphatic carboxylic acids is 1. The van der Waals surface area contributed by atoms with Gasteiger partial charge in [-0.2, -0.15) is 0 Å². The fourth-order valence-electron chi connectivity index (χ4n) is 2.76. The Morgan fingerprint density at radius 2 is 2.24 bits per heavy atom. The van der Waals surface area contributed by atoms with Crippen LogP contribution < -0.4 is 10.1 Å². The van der Waals surface area contributed by atoms with Gasteiger partial charge in [0.1, 0.15) is 5.69 Å². The van der Waals surface area contributed by atoms with Crippen molar-refractivity contribution in [3.8, 4) is 5.75 Å². The van der Waals surface area contributed by atoms with Crippen molar-refractivity contribution in [2.45, 2.75) is 31.7 Å². The number of carboxylic acids is 1. The molecule has 7 heteroatoms. The molecule has 0 aromatic heterocycles. The summed E-state index contributed by atoms with van der Waals surface area (Å²) in [5.74, 6) is -1.00. The van der Waals surface area contributed by atoms with Gasteiger partial charge < -0.3 is 15.2 Å². The van der Waals surface area contributed by atoms with Crippen LogP contribution in [-0.4, -0.2) is 29.2 Å². The number of hydrogen-bond acceptors (Lipinski definition) is 5. The molecule has 2 atom stereocenters. The molecule has 0 saturated heterocycles. The van der Waals surface area contributed by atoms with Crippen molar-refractivity contribution < 1.29 is 19.6 Å². The Labute approximate surface area is 122 Å². The summed E-state index contributed by atoms with van der Waals surface area (Å²) >= 11 is 0. The highest BCUT2D eigenvalue weighted by Gasteiger charge is 2.29. The van der Waals surface area contributed by atoms with Gasteiger partial charge in [0, 0.05) is 6.04 Å². The number of nitro groups is 1. The largest absolute Gasteiger partial charge is 0.490 e. The highest BCUT2D eigenvalue weighted by Crippen LogP contribution is 2.36. The zero-order valence-corrected chi connectivity index (χ0v) is 11.7. The van der Waals surface area contributed by atoms with Gasteiger partial charge >= 0.3 is 11.7 Å². The Kier molecular flexibility index (Phi) is 4.62. The zero-order chi connectivity index (χ0) is 15.4. The van der Waals surface area contributed by atoms with E-state index >= 15 is 0 Å². The molecular formula is C14H18N2O5. The second kappa shape index (κ2) is 6.43. The van der Waals surface area contributed by atoms with E-state index in [1.165, 1.54) is 13.2 Å². The molecule has 0 aliphatic heterocycles. The minimum absolute atomic E-state index is 0.0781. The van der Waals surface area contributed by atoms with Crippen molar-refractivity contribution >= 4 is 17.3 Å². The number of benzene rings is 1.